The summed E-state index contributed by atoms with van der Waals surface area (Å²) in [6.45, 7) is -0.405. The molecule has 0 aromatic heterocycles. The third-order valence-corrected chi connectivity index (χ3v) is 4.04. The molecule has 128 valence electrons. The number of hydrogen-bond donors (Lipinski definition) is 2. The molecule has 1 saturated heterocycles. The van der Waals surface area contributed by atoms with Crippen LogP contribution in [0.4, 0.5) is 10.5 Å². The van der Waals surface area contributed by atoms with Crippen LogP contribution in [-0.2, 0) is 9.59 Å². The van der Waals surface area contributed by atoms with Gasteiger partial charge in [0.1, 0.15) is 12.6 Å². The molecule has 4 amide bonds. The maximum absolute atomic E-state index is 12.4. The van der Waals surface area contributed by atoms with Crippen LogP contribution in [0.2, 0.25) is 10.0 Å². The molecule has 2 aromatic rings. The summed E-state index contributed by atoms with van der Waals surface area (Å²) < 4.78 is 0. The van der Waals surface area contributed by atoms with Crippen molar-refractivity contribution in [2.75, 3.05) is 11.9 Å². The fourth-order valence-electron chi connectivity index (χ4n) is 2.51. The highest BCUT2D eigenvalue weighted by molar-refractivity contribution is 6.35. The first-order valence-electron chi connectivity index (χ1n) is 7.37. The highest BCUT2D eigenvalue weighted by Crippen LogP contribution is 2.24. The molecule has 0 radical (unpaired) electrons. The van der Waals surface area contributed by atoms with Crippen molar-refractivity contribution in [2.24, 2.45) is 0 Å². The van der Waals surface area contributed by atoms with E-state index in [0.717, 1.165) is 4.90 Å². The van der Waals surface area contributed by atoms with Crippen molar-refractivity contribution in [3.63, 3.8) is 0 Å². The molecule has 1 aliphatic heterocycles. The number of nitrogens with zero attached hydrogens (tertiary/aromatic N) is 1. The molecule has 2 aromatic carbocycles. The van der Waals surface area contributed by atoms with Gasteiger partial charge in [0.2, 0.25) is 5.91 Å². The van der Waals surface area contributed by atoms with Gasteiger partial charge in [0, 0.05) is 15.7 Å². The van der Waals surface area contributed by atoms with Crippen molar-refractivity contribution in [3.05, 3.63) is 64.1 Å². The van der Waals surface area contributed by atoms with Crippen molar-refractivity contribution >= 4 is 46.7 Å². The van der Waals surface area contributed by atoms with Gasteiger partial charge in [0.15, 0.2) is 0 Å². The van der Waals surface area contributed by atoms with E-state index in [1.54, 1.807) is 24.3 Å². The van der Waals surface area contributed by atoms with Crippen LogP contribution in [0.25, 0.3) is 0 Å². The van der Waals surface area contributed by atoms with Crippen LogP contribution in [-0.4, -0.2) is 29.3 Å². The van der Waals surface area contributed by atoms with Crippen LogP contribution in [0, 0.1) is 0 Å². The minimum Gasteiger partial charge on any atom is -0.324 e. The number of anilines is 1. The number of carbonyl (C=O) groups excluding carboxylic acids is 3. The van der Waals surface area contributed by atoms with Gasteiger partial charge in [0.05, 0.1) is 0 Å². The van der Waals surface area contributed by atoms with Gasteiger partial charge in [-0.2, -0.15) is 0 Å². The van der Waals surface area contributed by atoms with Crippen molar-refractivity contribution in [2.45, 2.75) is 6.04 Å². The molecule has 0 spiro atoms. The largest absolute Gasteiger partial charge is 0.325 e. The van der Waals surface area contributed by atoms with Crippen LogP contribution in [0.3, 0.4) is 0 Å². The highest BCUT2D eigenvalue weighted by atomic mass is 35.5. The normalized spacial score (nSPS) is 16.7. The number of imide groups is 1. The Bertz CT molecular complexity index is 822. The Kier molecular flexibility index (Phi) is 4.92. The molecule has 1 aliphatic rings. The van der Waals surface area contributed by atoms with Gasteiger partial charge < -0.3 is 10.6 Å². The van der Waals surface area contributed by atoms with Gasteiger partial charge in [-0.05, 0) is 23.8 Å². The van der Waals surface area contributed by atoms with E-state index in [2.05, 4.69) is 10.6 Å². The standard InChI is InChI=1S/C17H13Cl2N3O3/c18-11-6-12(19)8-13(7-11)20-14(23)9-22-16(24)15(21-17(22)25)10-4-2-1-3-5-10/h1-8,15H,9H2,(H,20,23)(H,21,25). The maximum Gasteiger partial charge on any atom is 0.325 e. The number of rotatable bonds is 4. The molecule has 1 atom stereocenters. The van der Waals surface area contributed by atoms with E-state index in [1.807, 2.05) is 6.07 Å². The van der Waals surface area contributed by atoms with E-state index in [9.17, 15) is 14.4 Å². The third kappa shape index (κ3) is 3.92. The van der Waals surface area contributed by atoms with Crippen LogP contribution >= 0.6 is 23.2 Å². The van der Waals surface area contributed by atoms with Gasteiger partial charge >= 0.3 is 6.03 Å². The smallest absolute Gasteiger partial charge is 0.324 e. The molecule has 0 saturated carbocycles. The number of nitrogens with one attached hydrogen (secondary N) is 2. The molecule has 3 rings (SSSR count). The predicted octanol–water partition coefficient (Wildman–Crippen LogP) is 3.23. The summed E-state index contributed by atoms with van der Waals surface area (Å²) >= 11 is 11.7. The van der Waals surface area contributed by atoms with Gasteiger partial charge in [-0.15, -0.1) is 0 Å². The number of benzene rings is 2. The van der Waals surface area contributed by atoms with Gasteiger partial charge in [0.25, 0.3) is 5.91 Å². The second-order valence-electron chi connectivity index (χ2n) is 5.42. The lowest BCUT2D eigenvalue weighted by molar-refractivity contribution is -0.130. The Morgan fingerprint density at radius 3 is 2.36 bits per heavy atom. The molecular formula is C17H13Cl2N3O3. The van der Waals surface area contributed by atoms with Gasteiger partial charge in [-0.25, -0.2) is 4.79 Å². The number of urea groups is 1. The lowest BCUT2D eigenvalue weighted by atomic mass is 10.1. The summed E-state index contributed by atoms with van der Waals surface area (Å²) in [7, 11) is 0. The number of hydrogen-bond acceptors (Lipinski definition) is 3. The van der Waals surface area contributed by atoms with Crippen LogP contribution < -0.4 is 10.6 Å². The molecule has 0 aliphatic carbocycles. The second kappa shape index (κ2) is 7.13. The van der Waals surface area contributed by atoms with Crippen molar-refractivity contribution < 1.29 is 14.4 Å². The van der Waals surface area contributed by atoms with E-state index in [1.165, 1.54) is 18.2 Å². The Morgan fingerprint density at radius 1 is 1.08 bits per heavy atom. The quantitative estimate of drug-likeness (QED) is 0.802. The zero-order valence-corrected chi connectivity index (χ0v) is 14.3. The molecule has 0 bridgehead atoms. The summed E-state index contributed by atoms with van der Waals surface area (Å²) in [6, 6.07) is 12.0. The molecule has 2 N–H and O–H groups in total. The van der Waals surface area contributed by atoms with Crippen LogP contribution in [0.15, 0.2) is 48.5 Å². The monoisotopic (exact) mass is 377 g/mol. The molecule has 25 heavy (non-hydrogen) atoms. The van der Waals surface area contributed by atoms with Gasteiger partial charge in [-0.3, -0.25) is 14.5 Å². The summed E-state index contributed by atoms with van der Waals surface area (Å²) in [5.74, 6) is -1.01. The van der Waals surface area contributed by atoms with E-state index >= 15 is 0 Å². The van der Waals surface area contributed by atoms with Crippen molar-refractivity contribution in [3.8, 4) is 0 Å². The minimum absolute atomic E-state index is 0.363. The topological polar surface area (TPSA) is 78.5 Å². The average Bonchev–Trinajstić information content (AvgIpc) is 2.83. The fourth-order valence-corrected chi connectivity index (χ4v) is 3.04. The molecule has 1 heterocycles. The first kappa shape index (κ1) is 17.3. The maximum atomic E-state index is 12.4. The van der Waals surface area contributed by atoms with Crippen LogP contribution in [0.5, 0.6) is 0 Å². The Hall–Kier alpha value is -2.57. The van der Waals surface area contributed by atoms with E-state index in [0.29, 0.717) is 21.3 Å². The summed E-state index contributed by atoms with van der Waals surface area (Å²) in [6.07, 6.45) is 0. The number of halogens is 2. The summed E-state index contributed by atoms with van der Waals surface area (Å²) in [5.41, 5.74) is 1.04. The fraction of sp³-hybridized carbons (Fsp3) is 0.118. The molecule has 1 fully saturated rings. The van der Waals surface area contributed by atoms with Gasteiger partial charge in [-0.1, -0.05) is 53.5 Å². The first-order valence-corrected chi connectivity index (χ1v) is 8.12. The SMILES string of the molecule is O=C(CN1C(=O)NC(c2ccccc2)C1=O)Nc1cc(Cl)cc(Cl)c1. The van der Waals surface area contributed by atoms with Crippen LogP contribution in [0.1, 0.15) is 11.6 Å². The Morgan fingerprint density at radius 2 is 1.72 bits per heavy atom. The Balaban J connectivity index is 1.69. The second-order valence-corrected chi connectivity index (χ2v) is 6.30. The number of amides is 4. The lowest BCUT2D eigenvalue weighted by Gasteiger charge is -2.13. The Labute approximate surface area is 153 Å². The average molecular weight is 378 g/mol. The molecule has 8 heteroatoms. The summed E-state index contributed by atoms with van der Waals surface area (Å²) in [4.78, 5) is 37.5. The minimum atomic E-state index is -0.790. The van der Waals surface area contributed by atoms with E-state index in [-0.39, 0.29) is 0 Å². The molecule has 6 nitrogen and oxygen atoms in total. The molecular weight excluding hydrogens is 365 g/mol. The number of carbonyl (C=O) groups is 3. The first-order chi connectivity index (χ1) is 11.9. The predicted molar refractivity (Wildman–Crippen MR) is 94.5 cm³/mol. The lowest BCUT2D eigenvalue weighted by Crippen LogP contribution is -2.38. The third-order valence-electron chi connectivity index (χ3n) is 3.61. The molecule has 1 unspecified atom stereocenters. The zero-order chi connectivity index (χ0) is 18.0. The van der Waals surface area contributed by atoms with Crippen molar-refractivity contribution in [1.29, 1.82) is 0 Å². The van der Waals surface area contributed by atoms with Crippen molar-refractivity contribution in [1.82, 2.24) is 10.2 Å². The highest BCUT2D eigenvalue weighted by Gasteiger charge is 2.39. The van der Waals surface area contributed by atoms with E-state index in [4.69, 9.17) is 23.2 Å². The van der Waals surface area contributed by atoms with E-state index < -0.39 is 30.4 Å². The zero-order valence-electron chi connectivity index (χ0n) is 12.8. The summed E-state index contributed by atoms with van der Waals surface area (Å²) in [5, 5.41) is 5.86.